The van der Waals surface area contributed by atoms with Gasteiger partial charge in [-0.15, -0.1) is 0 Å². The Balaban J connectivity index is 1.55. The van der Waals surface area contributed by atoms with Crippen molar-refractivity contribution in [1.29, 1.82) is 0 Å². The third kappa shape index (κ3) is 6.76. The molecule has 174 valence electrons. The first kappa shape index (κ1) is 24.2. The lowest BCUT2D eigenvalue weighted by molar-refractivity contribution is 0.0151. The Kier molecular flexibility index (Phi) is 9.34. The van der Waals surface area contributed by atoms with Gasteiger partial charge in [-0.05, 0) is 86.8 Å². The maximum Gasteiger partial charge on any atom is 0.344 e. The first-order valence-corrected chi connectivity index (χ1v) is 12.7. The highest BCUT2D eigenvalue weighted by molar-refractivity contribution is 5.90. The summed E-state index contributed by atoms with van der Waals surface area (Å²) < 4.78 is 35.0. The van der Waals surface area contributed by atoms with E-state index < -0.39 is 23.2 Å². The van der Waals surface area contributed by atoms with E-state index in [0.717, 1.165) is 57.3 Å². The maximum atomic E-state index is 14.8. The fourth-order valence-electron chi connectivity index (χ4n) is 5.65. The van der Waals surface area contributed by atoms with Crippen molar-refractivity contribution in [2.45, 2.75) is 116 Å². The summed E-state index contributed by atoms with van der Waals surface area (Å²) in [6, 6.07) is 2.75. The van der Waals surface area contributed by atoms with Gasteiger partial charge in [0.1, 0.15) is 23.3 Å². The second-order valence-electron chi connectivity index (χ2n) is 9.91. The van der Waals surface area contributed by atoms with Crippen LogP contribution in [0, 0.1) is 23.5 Å². The Morgan fingerprint density at radius 1 is 0.839 bits per heavy atom. The van der Waals surface area contributed by atoms with Gasteiger partial charge in [0.2, 0.25) is 0 Å². The summed E-state index contributed by atoms with van der Waals surface area (Å²) in [5, 5.41) is 0. The van der Waals surface area contributed by atoms with E-state index in [4.69, 9.17) is 4.74 Å². The molecule has 0 radical (unpaired) electrons. The molecule has 0 saturated heterocycles. The molecule has 1 aromatic carbocycles. The van der Waals surface area contributed by atoms with Gasteiger partial charge in [-0.25, -0.2) is 13.6 Å². The van der Waals surface area contributed by atoms with Crippen molar-refractivity contribution in [3.8, 4) is 0 Å². The van der Waals surface area contributed by atoms with Crippen LogP contribution in [0.3, 0.4) is 0 Å². The summed E-state index contributed by atoms with van der Waals surface area (Å²) in [6.07, 6.45) is 15.1. The molecule has 2 fully saturated rings. The van der Waals surface area contributed by atoms with E-state index in [1.807, 2.05) is 0 Å². The van der Waals surface area contributed by atoms with E-state index in [1.54, 1.807) is 0 Å². The van der Waals surface area contributed by atoms with Crippen molar-refractivity contribution in [2.24, 2.45) is 11.8 Å². The predicted molar refractivity (Wildman–Crippen MR) is 121 cm³/mol. The molecule has 0 atom stereocenters. The van der Waals surface area contributed by atoms with Crippen molar-refractivity contribution in [2.75, 3.05) is 0 Å². The monoisotopic (exact) mass is 434 g/mol. The third-order valence-electron chi connectivity index (χ3n) is 7.57. The van der Waals surface area contributed by atoms with Crippen LogP contribution in [0.25, 0.3) is 0 Å². The number of carbonyl (C=O) groups excluding carboxylic acids is 1. The van der Waals surface area contributed by atoms with Crippen LogP contribution in [-0.4, -0.2) is 12.1 Å². The number of halogens is 2. The molecule has 2 nitrogen and oxygen atoms in total. The summed E-state index contributed by atoms with van der Waals surface area (Å²) in [5.74, 6) is -0.770. The average Bonchev–Trinajstić information content (AvgIpc) is 2.75. The minimum atomic E-state index is -0.847. The highest BCUT2D eigenvalue weighted by Gasteiger charge is 2.29. The minimum Gasteiger partial charge on any atom is -0.459 e. The quantitative estimate of drug-likeness (QED) is 0.288. The van der Waals surface area contributed by atoms with Gasteiger partial charge in [-0.2, -0.15) is 0 Å². The number of benzene rings is 1. The standard InChI is InChI=1S/C27H40F2O2/c1-3-5-6-8-20-9-13-21(14-10-20)22-17-24(28)26(25(29)18-22)27(30)31-23-15-11-19(7-4-2)12-16-23/h17-21,23H,3-16H2,1-2H3/t19-,20-,21-,23-. The first-order chi connectivity index (χ1) is 15.0. The smallest absolute Gasteiger partial charge is 0.344 e. The zero-order valence-electron chi connectivity index (χ0n) is 19.4. The topological polar surface area (TPSA) is 26.3 Å². The fourth-order valence-corrected chi connectivity index (χ4v) is 5.65. The Hall–Kier alpha value is -1.45. The molecule has 0 amide bonds. The second kappa shape index (κ2) is 12.0. The Bertz CT molecular complexity index is 678. The second-order valence-corrected chi connectivity index (χ2v) is 9.91. The van der Waals surface area contributed by atoms with Gasteiger partial charge in [0.05, 0.1) is 0 Å². The van der Waals surface area contributed by atoms with Crippen molar-refractivity contribution in [3.63, 3.8) is 0 Å². The molecule has 0 spiro atoms. The first-order valence-electron chi connectivity index (χ1n) is 12.7. The molecule has 31 heavy (non-hydrogen) atoms. The summed E-state index contributed by atoms with van der Waals surface area (Å²) in [4.78, 5) is 12.5. The predicted octanol–water partition coefficient (Wildman–Crippen LogP) is 8.33. The van der Waals surface area contributed by atoms with Crippen molar-refractivity contribution in [1.82, 2.24) is 0 Å². The molecular weight excluding hydrogens is 394 g/mol. The number of esters is 1. The lowest BCUT2D eigenvalue weighted by atomic mass is 9.77. The van der Waals surface area contributed by atoms with Gasteiger partial charge in [-0.3, -0.25) is 0 Å². The van der Waals surface area contributed by atoms with Gasteiger partial charge in [0.25, 0.3) is 0 Å². The van der Waals surface area contributed by atoms with E-state index in [2.05, 4.69) is 13.8 Å². The molecule has 2 aliphatic rings. The molecule has 3 rings (SSSR count). The SMILES string of the molecule is CCCCC[C@H]1CC[C@H](c2cc(F)c(C(=O)O[C@H]3CC[C@H](CCC)CC3)c(F)c2)CC1. The van der Waals surface area contributed by atoms with E-state index in [-0.39, 0.29) is 12.0 Å². The number of ether oxygens (including phenoxy) is 1. The van der Waals surface area contributed by atoms with Crippen LogP contribution in [0.2, 0.25) is 0 Å². The van der Waals surface area contributed by atoms with Crippen molar-refractivity contribution < 1.29 is 18.3 Å². The number of unbranched alkanes of at least 4 members (excludes halogenated alkanes) is 2. The molecule has 2 saturated carbocycles. The van der Waals surface area contributed by atoms with Crippen LogP contribution in [0.5, 0.6) is 0 Å². The third-order valence-corrected chi connectivity index (χ3v) is 7.57. The molecule has 2 aliphatic carbocycles. The van der Waals surface area contributed by atoms with Crippen LogP contribution in [0.15, 0.2) is 12.1 Å². The van der Waals surface area contributed by atoms with Gasteiger partial charge in [0, 0.05) is 0 Å². The van der Waals surface area contributed by atoms with Crippen molar-refractivity contribution in [3.05, 3.63) is 34.9 Å². The number of rotatable bonds is 9. The van der Waals surface area contributed by atoms with Gasteiger partial charge in [-0.1, -0.05) is 52.4 Å². The van der Waals surface area contributed by atoms with Crippen LogP contribution < -0.4 is 0 Å². The summed E-state index contributed by atoms with van der Waals surface area (Å²) in [6.45, 7) is 4.40. The minimum absolute atomic E-state index is 0.185. The van der Waals surface area contributed by atoms with Gasteiger partial charge >= 0.3 is 5.97 Å². The highest BCUT2D eigenvalue weighted by Crippen LogP contribution is 2.39. The largest absolute Gasteiger partial charge is 0.459 e. The summed E-state index contributed by atoms with van der Waals surface area (Å²) in [7, 11) is 0. The summed E-state index contributed by atoms with van der Waals surface area (Å²) in [5.41, 5.74) is 0.173. The van der Waals surface area contributed by atoms with Crippen molar-refractivity contribution >= 4 is 5.97 Å². The van der Waals surface area contributed by atoms with Gasteiger partial charge < -0.3 is 4.74 Å². The van der Waals surface area contributed by atoms with Crippen LogP contribution in [0.4, 0.5) is 8.78 Å². The van der Waals surface area contributed by atoms with E-state index in [0.29, 0.717) is 11.5 Å². The lowest BCUT2D eigenvalue weighted by Crippen LogP contribution is -2.25. The molecule has 0 aliphatic heterocycles. The van der Waals surface area contributed by atoms with E-state index in [9.17, 15) is 13.6 Å². The molecule has 0 unspecified atom stereocenters. The van der Waals surface area contributed by atoms with Gasteiger partial charge in [0.15, 0.2) is 0 Å². The van der Waals surface area contributed by atoms with E-state index in [1.165, 1.54) is 50.7 Å². The average molecular weight is 435 g/mol. The molecule has 0 aromatic heterocycles. The van der Waals surface area contributed by atoms with Crippen LogP contribution in [0.1, 0.15) is 126 Å². The molecule has 4 heteroatoms. The Morgan fingerprint density at radius 2 is 1.42 bits per heavy atom. The zero-order valence-corrected chi connectivity index (χ0v) is 19.4. The van der Waals surface area contributed by atoms with Crippen LogP contribution >= 0.6 is 0 Å². The lowest BCUT2D eigenvalue weighted by Gasteiger charge is -2.29. The molecule has 0 N–H and O–H groups in total. The van der Waals surface area contributed by atoms with Crippen LogP contribution in [-0.2, 0) is 4.74 Å². The Labute approximate surface area is 187 Å². The normalized spacial score (nSPS) is 26.6. The summed E-state index contributed by atoms with van der Waals surface area (Å²) >= 11 is 0. The molecular formula is C27H40F2O2. The number of carbonyl (C=O) groups is 1. The molecule has 0 heterocycles. The van der Waals surface area contributed by atoms with E-state index >= 15 is 0 Å². The molecule has 0 bridgehead atoms. The number of hydrogen-bond donors (Lipinski definition) is 0. The number of hydrogen-bond acceptors (Lipinski definition) is 2. The highest BCUT2D eigenvalue weighted by atomic mass is 19.1. The fraction of sp³-hybridized carbons (Fsp3) is 0.741. The molecule has 1 aromatic rings. The maximum absolute atomic E-state index is 14.8. The zero-order chi connectivity index (χ0) is 22.2. The Morgan fingerprint density at radius 3 is 2.00 bits per heavy atom.